The van der Waals surface area contributed by atoms with Gasteiger partial charge in [0.05, 0.1) is 22.4 Å². The quantitative estimate of drug-likeness (QED) is 0.178. The second-order valence-corrected chi connectivity index (χ2v) is 17.8. The zero-order valence-corrected chi connectivity index (χ0v) is 35.9. The van der Waals surface area contributed by atoms with E-state index < -0.39 is 0 Å². The normalized spacial score (nSPS) is 12.6. The molecule has 0 atom stereocenters. The molecule has 0 fully saturated rings. The van der Waals surface area contributed by atoms with Crippen LogP contribution in [0.4, 0.5) is 17.1 Å². The maximum atomic E-state index is 3.87. The van der Waals surface area contributed by atoms with E-state index in [1.54, 1.807) is 0 Å². The van der Waals surface area contributed by atoms with Crippen molar-refractivity contribution in [3.63, 3.8) is 0 Å². The van der Waals surface area contributed by atoms with Crippen molar-refractivity contribution in [1.29, 1.82) is 0 Å². The third-order valence-corrected chi connectivity index (χ3v) is 14.7. The Morgan fingerprint density at radius 2 is 0.746 bits per heavy atom. The van der Waals surface area contributed by atoms with Crippen LogP contribution in [0.3, 0.4) is 0 Å². The summed E-state index contributed by atoms with van der Waals surface area (Å²) in [4.78, 5) is 10.4. The van der Waals surface area contributed by atoms with Crippen LogP contribution in [0.5, 0.6) is 0 Å². The minimum atomic E-state index is 0.863. The SMILES string of the molecule is Cc1c(C)c(N(c2ccccc2)c2c(C)c(C)c(-c3cccc4c3[nH]c3ccccc34)c3c2Cc2ccccc2-3)c2c(c1-c1cccc3c1[nH]c1ccccc13)-c1ccccc1C2. The fraction of sp³-hybridized carbons (Fsp3) is 0.100. The predicted octanol–water partition coefficient (Wildman–Crippen LogP) is 16.1. The summed E-state index contributed by atoms with van der Waals surface area (Å²) in [6.07, 6.45) is 1.73. The van der Waals surface area contributed by atoms with Crippen molar-refractivity contribution in [1.82, 2.24) is 9.97 Å². The standard InChI is InChI=1S/C60H45N3/c1-34-36(3)59(49-32-38-18-8-10-22-41(38)55(49)53(34)47-28-16-26-45-43-24-12-14-30-51(43)61-57(45)47)63(40-20-6-5-7-21-40)60-37(4)35(2)54(56-42-23-11-9-19-39(42)33-50(56)60)48-29-17-27-46-44-25-13-15-31-52(44)62-58(46)48/h5-31,61-62H,32-33H2,1-4H3. The number of para-hydroxylation sites is 5. The average molecular weight is 808 g/mol. The van der Waals surface area contributed by atoms with Gasteiger partial charge in [-0.05, 0) is 130 Å². The smallest absolute Gasteiger partial charge is 0.0544 e. The zero-order chi connectivity index (χ0) is 42.1. The van der Waals surface area contributed by atoms with Crippen LogP contribution in [-0.4, -0.2) is 9.97 Å². The number of rotatable bonds is 5. The Morgan fingerprint density at radius 3 is 1.24 bits per heavy atom. The summed E-state index contributed by atoms with van der Waals surface area (Å²) < 4.78 is 0. The number of aromatic amines is 2. The van der Waals surface area contributed by atoms with Crippen LogP contribution < -0.4 is 4.90 Å². The van der Waals surface area contributed by atoms with Crippen molar-refractivity contribution in [2.24, 2.45) is 0 Å². The summed E-state index contributed by atoms with van der Waals surface area (Å²) in [5.41, 5.74) is 29.8. The first-order chi connectivity index (χ1) is 31.0. The molecule has 300 valence electrons. The molecule has 2 heterocycles. The van der Waals surface area contributed by atoms with Crippen LogP contribution in [-0.2, 0) is 12.8 Å². The van der Waals surface area contributed by atoms with Crippen molar-refractivity contribution < 1.29 is 0 Å². The summed E-state index contributed by atoms with van der Waals surface area (Å²) in [6.45, 7) is 9.48. The number of fused-ring (bicyclic) bond motifs is 12. The Bertz CT molecular complexity index is 3500. The number of nitrogens with one attached hydrogen (secondary N) is 2. The zero-order valence-electron chi connectivity index (χ0n) is 35.9. The first kappa shape index (κ1) is 36.1. The molecule has 13 rings (SSSR count). The molecule has 0 amide bonds. The van der Waals surface area contributed by atoms with Crippen molar-refractivity contribution in [2.75, 3.05) is 4.90 Å². The van der Waals surface area contributed by atoms with Gasteiger partial charge < -0.3 is 14.9 Å². The monoisotopic (exact) mass is 807 g/mol. The van der Waals surface area contributed by atoms with Gasteiger partial charge in [0.1, 0.15) is 0 Å². The first-order valence-electron chi connectivity index (χ1n) is 22.3. The van der Waals surface area contributed by atoms with E-state index in [0.29, 0.717) is 0 Å². The fourth-order valence-corrected chi connectivity index (χ4v) is 11.6. The van der Waals surface area contributed by atoms with Crippen molar-refractivity contribution in [3.8, 4) is 44.5 Å². The minimum absolute atomic E-state index is 0.863. The Labute approximate surface area is 367 Å². The molecule has 0 spiro atoms. The number of aromatic nitrogens is 2. The van der Waals surface area contributed by atoms with E-state index in [4.69, 9.17) is 0 Å². The van der Waals surface area contributed by atoms with Gasteiger partial charge in [0.2, 0.25) is 0 Å². The highest BCUT2D eigenvalue weighted by atomic mass is 15.2. The summed E-state index contributed by atoms with van der Waals surface area (Å²) in [5.74, 6) is 0. The molecule has 2 N–H and O–H groups in total. The summed E-state index contributed by atoms with van der Waals surface area (Å²) >= 11 is 0. The average Bonchev–Trinajstić information content (AvgIpc) is 4.10. The molecule has 11 aromatic rings. The topological polar surface area (TPSA) is 34.8 Å². The predicted molar refractivity (Wildman–Crippen MR) is 266 cm³/mol. The number of hydrogen-bond donors (Lipinski definition) is 2. The van der Waals surface area contributed by atoms with E-state index >= 15 is 0 Å². The lowest BCUT2D eigenvalue weighted by atomic mass is 9.83. The summed E-state index contributed by atoms with van der Waals surface area (Å²) in [7, 11) is 0. The van der Waals surface area contributed by atoms with Crippen LogP contribution in [0, 0.1) is 27.7 Å². The minimum Gasteiger partial charge on any atom is -0.354 e. The van der Waals surface area contributed by atoms with Gasteiger partial charge in [-0.25, -0.2) is 0 Å². The molecule has 0 unspecified atom stereocenters. The van der Waals surface area contributed by atoms with Crippen LogP contribution in [0.2, 0.25) is 0 Å². The molecule has 0 saturated carbocycles. The Hall–Kier alpha value is -7.62. The van der Waals surface area contributed by atoms with Gasteiger partial charge in [0.15, 0.2) is 0 Å². The number of anilines is 3. The largest absolute Gasteiger partial charge is 0.354 e. The van der Waals surface area contributed by atoms with Crippen molar-refractivity contribution >= 4 is 60.7 Å². The van der Waals surface area contributed by atoms with Gasteiger partial charge >= 0.3 is 0 Å². The van der Waals surface area contributed by atoms with Gasteiger partial charge in [-0.2, -0.15) is 0 Å². The molecule has 0 aliphatic heterocycles. The molecule has 9 aromatic carbocycles. The van der Waals surface area contributed by atoms with Gasteiger partial charge in [0.25, 0.3) is 0 Å². The second kappa shape index (κ2) is 13.4. The molecule has 0 saturated heterocycles. The summed E-state index contributed by atoms with van der Waals surface area (Å²) in [6, 6.07) is 60.5. The third kappa shape index (κ3) is 5.02. The number of nitrogens with zero attached hydrogens (tertiary/aromatic N) is 1. The van der Waals surface area contributed by atoms with Crippen LogP contribution in [0.1, 0.15) is 44.5 Å². The fourth-order valence-electron chi connectivity index (χ4n) is 11.6. The van der Waals surface area contributed by atoms with E-state index in [-0.39, 0.29) is 0 Å². The van der Waals surface area contributed by atoms with Gasteiger partial charge in [-0.15, -0.1) is 0 Å². The highest BCUT2D eigenvalue weighted by Crippen LogP contribution is 2.58. The van der Waals surface area contributed by atoms with Crippen LogP contribution >= 0.6 is 0 Å². The number of H-pyrrole nitrogens is 2. The van der Waals surface area contributed by atoms with Crippen molar-refractivity contribution in [2.45, 2.75) is 40.5 Å². The molecule has 63 heavy (non-hydrogen) atoms. The maximum Gasteiger partial charge on any atom is 0.0544 e. The van der Waals surface area contributed by atoms with E-state index in [0.717, 1.165) is 12.8 Å². The molecule has 2 aliphatic rings. The first-order valence-corrected chi connectivity index (χ1v) is 22.3. The molecule has 0 radical (unpaired) electrons. The third-order valence-electron chi connectivity index (χ3n) is 14.7. The molecule has 3 nitrogen and oxygen atoms in total. The van der Waals surface area contributed by atoms with E-state index in [2.05, 4.69) is 206 Å². The van der Waals surface area contributed by atoms with Gasteiger partial charge in [-0.1, -0.05) is 140 Å². The lowest BCUT2D eigenvalue weighted by Gasteiger charge is -2.35. The number of hydrogen-bond acceptors (Lipinski definition) is 1. The molecular weight excluding hydrogens is 763 g/mol. The number of benzene rings is 9. The Kier molecular flexibility index (Phi) is 7.69. The summed E-state index contributed by atoms with van der Waals surface area (Å²) in [5, 5.41) is 5.05. The lowest BCUT2D eigenvalue weighted by molar-refractivity contribution is 1.12. The molecule has 0 bridgehead atoms. The van der Waals surface area contributed by atoms with Gasteiger partial charge in [0, 0.05) is 62.2 Å². The van der Waals surface area contributed by atoms with Crippen LogP contribution in [0.25, 0.3) is 88.1 Å². The van der Waals surface area contributed by atoms with Crippen LogP contribution in [0.15, 0.2) is 164 Å². The molecule has 3 heteroatoms. The molecule has 2 aromatic heterocycles. The van der Waals surface area contributed by atoms with E-state index in [9.17, 15) is 0 Å². The van der Waals surface area contributed by atoms with E-state index in [1.165, 1.54) is 150 Å². The van der Waals surface area contributed by atoms with Gasteiger partial charge in [-0.3, -0.25) is 0 Å². The second-order valence-electron chi connectivity index (χ2n) is 17.8. The van der Waals surface area contributed by atoms with Crippen molar-refractivity contribution in [3.05, 3.63) is 208 Å². The molecule has 2 aliphatic carbocycles. The maximum absolute atomic E-state index is 3.87. The molecular formula is C60H45N3. The highest BCUT2D eigenvalue weighted by Gasteiger charge is 2.36. The Morgan fingerprint density at radius 1 is 0.349 bits per heavy atom. The highest BCUT2D eigenvalue weighted by molar-refractivity contribution is 6.16. The lowest BCUT2D eigenvalue weighted by Crippen LogP contribution is -2.18. The van der Waals surface area contributed by atoms with E-state index in [1.807, 2.05) is 0 Å². The Balaban J connectivity index is 1.13.